The fourth-order valence-corrected chi connectivity index (χ4v) is 10.7. The summed E-state index contributed by atoms with van der Waals surface area (Å²) in [5, 5.41) is 103. The molecule has 19 atom stereocenters. The molecule has 24 nitrogen and oxygen atoms in total. The monoisotopic (exact) mass is 1100 g/mol. The van der Waals surface area contributed by atoms with E-state index in [1.807, 2.05) is 19.9 Å². The number of hydrogen-bond acceptors (Lipinski definition) is 19. The second-order valence-corrected chi connectivity index (χ2v) is 21.5. The minimum Gasteiger partial charge on any atom is -0.480 e. The smallest absolute Gasteiger partial charge is 0.326 e. The third-order valence-corrected chi connectivity index (χ3v) is 15.2. The summed E-state index contributed by atoms with van der Waals surface area (Å²) in [5.74, 6) is -5.00. The second kappa shape index (κ2) is 31.7. The number of carbonyl (C=O) groups excluding carboxylic acids is 4. The Bertz CT molecular complexity index is 1970. The van der Waals surface area contributed by atoms with Gasteiger partial charge in [-0.25, -0.2) is 4.79 Å². The number of nitrogens with one attached hydrogen (secondary N) is 3. The molecule has 4 amide bonds. The number of carbonyl (C=O) groups is 5. The summed E-state index contributed by atoms with van der Waals surface area (Å²) in [6.45, 7) is 12.3. The number of rotatable bonds is 32. The molecule has 24 heteroatoms. The molecule has 442 valence electrons. The van der Waals surface area contributed by atoms with E-state index in [-0.39, 0.29) is 31.2 Å². The maximum Gasteiger partial charge on any atom is 0.326 e. The fourth-order valence-electron chi connectivity index (χ4n) is 10.7. The molecule has 2 fully saturated rings. The lowest BCUT2D eigenvalue weighted by molar-refractivity contribution is -0.325. The van der Waals surface area contributed by atoms with Crippen LogP contribution in [0.1, 0.15) is 86.6 Å². The molecule has 0 radical (unpaired) electrons. The topological polar surface area (TPSA) is 350 Å². The van der Waals surface area contributed by atoms with Crippen LogP contribution in [-0.4, -0.2) is 249 Å². The number of methoxy groups -OCH3 is 2. The highest BCUT2D eigenvalue weighted by Gasteiger charge is 2.48. The predicted molar refractivity (Wildman–Crippen MR) is 280 cm³/mol. The van der Waals surface area contributed by atoms with Crippen LogP contribution in [0.2, 0.25) is 0 Å². The van der Waals surface area contributed by atoms with Crippen LogP contribution in [0.3, 0.4) is 0 Å². The Morgan fingerprint density at radius 2 is 1.49 bits per heavy atom. The molecular weight excluding hydrogens is 1010 g/mol. The number of likely N-dealkylation sites (tertiary alicyclic amines) is 1. The van der Waals surface area contributed by atoms with Crippen LogP contribution in [-0.2, 0) is 49.3 Å². The number of nitrogens with zero attached hydrogens (tertiary/aromatic N) is 3. The maximum atomic E-state index is 14.8. The van der Waals surface area contributed by atoms with Gasteiger partial charge in [0.2, 0.25) is 23.6 Å². The number of ether oxygens (including phenoxy) is 4. The third kappa shape index (κ3) is 18.0. The minimum absolute atomic E-state index is 0.0727. The standard InChI is InChI=1S/C53H92N6O18/c1-13-29(6)42(37(74-11)23-39(64)59-21-17-20-35(59)47(75-12)30(7)49(69)55-33(52(72)73)22-32-18-15-14-16-19-32)58(10)51(71)40(27(2)3)56-50(70)41(28(4)5)57(9)24-34(54-31(8)62)43(65)48(36(63)25-60)77-53-46(68)45(67)44(66)38(26-61)76-53/h14-16,18-19,27-31,33-38,40-48,53-54,60-63,65-68H,13,17,20-26H2,1-12H3,(H,55,69)(H,56,70)(H,72,73). The first-order valence-corrected chi connectivity index (χ1v) is 26.8. The first kappa shape index (κ1) is 67.3. The van der Waals surface area contributed by atoms with Crippen LogP contribution in [0.25, 0.3) is 0 Å². The van der Waals surface area contributed by atoms with Crippen molar-refractivity contribution in [1.29, 1.82) is 0 Å². The van der Waals surface area contributed by atoms with Crippen LogP contribution in [0.5, 0.6) is 0 Å². The highest BCUT2D eigenvalue weighted by Crippen LogP contribution is 2.31. The van der Waals surface area contributed by atoms with Crippen LogP contribution in [0.15, 0.2) is 30.3 Å². The Morgan fingerprint density at radius 3 is 2.01 bits per heavy atom. The van der Waals surface area contributed by atoms with E-state index in [0.29, 0.717) is 25.8 Å². The van der Waals surface area contributed by atoms with Crippen molar-refractivity contribution in [2.45, 2.75) is 191 Å². The van der Waals surface area contributed by atoms with Gasteiger partial charge in [0.1, 0.15) is 54.9 Å². The lowest BCUT2D eigenvalue weighted by atomic mass is 9.89. The molecule has 77 heavy (non-hydrogen) atoms. The molecule has 2 heterocycles. The maximum absolute atomic E-state index is 14.8. The number of hydrogen-bond donors (Lipinski definition) is 12. The summed E-state index contributed by atoms with van der Waals surface area (Å²) < 4.78 is 23.1. The van der Waals surface area contributed by atoms with Crippen LogP contribution < -0.4 is 16.0 Å². The van der Waals surface area contributed by atoms with E-state index < -0.39 is 158 Å². The zero-order valence-electron chi connectivity index (χ0n) is 46.9. The van der Waals surface area contributed by atoms with E-state index >= 15 is 0 Å². The van der Waals surface area contributed by atoms with Gasteiger partial charge in [0.25, 0.3) is 0 Å². The van der Waals surface area contributed by atoms with Gasteiger partial charge in [-0.2, -0.15) is 0 Å². The number of amides is 4. The minimum atomic E-state index is -1.92. The summed E-state index contributed by atoms with van der Waals surface area (Å²) in [5.41, 5.74) is 0.737. The van der Waals surface area contributed by atoms with Crippen molar-refractivity contribution in [3.05, 3.63) is 35.9 Å². The molecule has 0 aliphatic carbocycles. The van der Waals surface area contributed by atoms with Gasteiger partial charge in [-0.1, -0.05) is 85.2 Å². The Kier molecular flexibility index (Phi) is 27.7. The van der Waals surface area contributed by atoms with Crippen molar-refractivity contribution in [2.75, 3.05) is 54.6 Å². The zero-order valence-corrected chi connectivity index (χ0v) is 46.9. The summed E-state index contributed by atoms with van der Waals surface area (Å²) in [4.78, 5) is 74.4. The van der Waals surface area contributed by atoms with E-state index in [1.54, 1.807) is 82.8 Å². The lowest BCUT2D eigenvalue weighted by Crippen LogP contribution is -2.64. The Morgan fingerprint density at radius 1 is 0.857 bits per heavy atom. The average molecular weight is 1100 g/mol. The first-order valence-electron chi connectivity index (χ1n) is 26.8. The van der Waals surface area contributed by atoms with E-state index in [1.165, 1.54) is 26.0 Å². The van der Waals surface area contributed by atoms with Gasteiger partial charge in [-0.15, -0.1) is 0 Å². The predicted octanol–water partition coefficient (Wildman–Crippen LogP) is -1.99. The molecule has 2 aliphatic rings. The van der Waals surface area contributed by atoms with Crippen molar-refractivity contribution in [1.82, 2.24) is 30.7 Å². The molecule has 0 spiro atoms. The molecule has 3 rings (SSSR count). The molecule has 19 unspecified atom stereocenters. The van der Waals surface area contributed by atoms with Gasteiger partial charge in [-0.05, 0) is 50.1 Å². The van der Waals surface area contributed by atoms with Gasteiger partial charge in [0.15, 0.2) is 6.29 Å². The van der Waals surface area contributed by atoms with Crippen molar-refractivity contribution in [2.24, 2.45) is 23.7 Å². The van der Waals surface area contributed by atoms with Gasteiger partial charge in [0, 0.05) is 40.8 Å². The van der Waals surface area contributed by atoms with Gasteiger partial charge < -0.3 is 85.3 Å². The SMILES string of the molecule is CCC(C)C(C(CC(=O)N1CCCC1C(OC)C(C)C(=O)NC(Cc1ccccc1)C(=O)O)OC)N(C)C(=O)C(NC(=O)C(C(C)C)N(C)CC(NC(C)O)C(O)C(OC1OC(CO)C(O)C(O)C1O)C(O)CO)C(C)C. The lowest BCUT2D eigenvalue weighted by Gasteiger charge is -2.43. The second-order valence-electron chi connectivity index (χ2n) is 21.5. The van der Waals surface area contributed by atoms with Crippen molar-refractivity contribution >= 4 is 29.6 Å². The van der Waals surface area contributed by atoms with Crippen LogP contribution >= 0.6 is 0 Å². The van der Waals surface area contributed by atoms with Gasteiger partial charge in [0.05, 0.1) is 68.0 Å². The Hall–Kier alpha value is -3.99. The zero-order chi connectivity index (χ0) is 58.2. The number of aliphatic hydroxyl groups excluding tert-OH is 8. The molecule has 2 aliphatic heterocycles. The highest BCUT2D eigenvalue weighted by atomic mass is 16.7. The highest BCUT2D eigenvalue weighted by molar-refractivity contribution is 5.90. The Labute approximate surface area is 453 Å². The third-order valence-electron chi connectivity index (χ3n) is 15.2. The molecule has 1 aromatic carbocycles. The quantitative estimate of drug-likeness (QED) is 0.0348. The number of likely N-dealkylation sites (N-methyl/N-ethyl adjacent to an activating group) is 2. The molecule has 2 saturated heterocycles. The van der Waals surface area contributed by atoms with Crippen molar-refractivity contribution < 1.29 is 88.9 Å². The Balaban J connectivity index is 1.84. The normalized spacial score (nSPS) is 25.2. The fraction of sp³-hybridized carbons (Fsp3) is 0.792. The summed E-state index contributed by atoms with van der Waals surface area (Å²) in [6, 6.07) is 3.21. The summed E-state index contributed by atoms with van der Waals surface area (Å²) in [7, 11) is 6.08. The van der Waals surface area contributed by atoms with E-state index in [0.717, 1.165) is 5.56 Å². The van der Waals surface area contributed by atoms with Gasteiger partial charge >= 0.3 is 5.97 Å². The summed E-state index contributed by atoms with van der Waals surface area (Å²) in [6.07, 6.45) is -15.4. The van der Waals surface area contributed by atoms with Crippen molar-refractivity contribution in [3.8, 4) is 0 Å². The van der Waals surface area contributed by atoms with E-state index in [2.05, 4.69) is 16.0 Å². The van der Waals surface area contributed by atoms with Gasteiger partial charge in [-0.3, -0.25) is 29.4 Å². The molecular formula is C53H92N6O18. The van der Waals surface area contributed by atoms with Crippen LogP contribution in [0, 0.1) is 23.7 Å². The molecule has 0 saturated carbocycles. The number of aliphatic hydroxyl groups is 8. The van der Waals surface area contributed by atoms with Crippen molar-refractivity contribution in [3.63, 3.8) is 0 Å². The molecule has 12 N–H and O–H groups in total. The molecule has 1 aromatic rings. The summed E-state index contributed by atoms with van der Waals surface area (Å²) >= 11 is 0. The largest absolute Gasteiger partial charge is 0.480 e. The molecule has 0 bridgehead atoms. The number of carboxylic acids is 1. The average Bonchev–Trinajstić information content (AvgIpc) is 3.87. The molecule has 0 aromatic heterocycles. The van der Waals surface area contributed by atoms with E-state index in [9.17, 15) is 69.9 Å². The van der Waals surface area contributed by atoms with Crippen LogP contribution in [0.4, 0.5) is 0 Å². The number of benzene rings is 1. The number of aliphatic carboxylic acids is 1. The first-order chi connectivity index (χ1) is 36.2. The number of carboxylic acid groups (broad SMARTS) is 1. The van der Waals surface area contributed by atoms with E-state index in [4.69, 9.17) is 18.9 Å².